The van der Waals surface area contributed by atoms with Gasteiger partial charge in [-0.05, 0) is 63.5 Å². The zero-order valence-electron chi connectivity index (χ0n) is 13.5. The van der Waals surface area contributed by atoms with Gasteiger partial charge in [-0.3, -0.25) is 0 Å². The second-order valence-electron chi connectivity index (χ2n) is 5.88. The van der Waals surface area contributed by atoms with Gasteiger partial charge in [0.1, 0.15) is 5.75 Å². The number of nitrogens with one attached hydrogen (secondary N) is 1. The van der Waals surface area contributed by atoms with Gasteiger partial charge >= 0.3 is 0 Å². The lowest BCUT2D eigenvalue weighted by Gasteiger charge is -2.37. The van der Waals surface area contributed by atoms with E-state index < -0.39 is 0 Å². The van der Waals surface area contributed by atoms with Gasteiger partial charge in [-0.1, -0.05) is 0 Å². The molecule has 1 aromatic carbocycles. The standard InChI is InChI=1S/C16H26N4OS/c1-18(2)9-3-8-17-16(22)20-12-10-19(11-13-20)14-4-6-15(21)7-5-14/h4-7,21H,3,8-13H2,1-2H3,(H,17,22). The molecule has 2 N–H and O–H groups in total. The molecule has 0 aliphatic carbocycles. The van der Waals surface area contributed by atoms with E-state index >= 15 is 0 Å². The van der Waals surface area contributed by atoms with Gasteiger partial charge in [0.15, 0.2) is 5.11 Å². The quantitative estimate of drug-likeness (QED) is 0.630. The third-order valence-electron chi connectivity index (χ3n) is 3.84. The van der Waals surface area contributed by atoms with Gasteiger partial charge in [-0.2, -0.15) is 0 Å². The van der Waals surface area contributed by atoms with E-state index in [2.05, 4.69) is 34.1 Å². The van der Waals surface area contributed by atoms with E-state index in [4.69, 9.17) is 12.2 Å². The molecule has 1 aliphatic rings. The molecular weight excluding hydrogens is 296 g/mol. The van der Waals surface area contributed by atoms with Crippen molar-refractivity contribution in [3.63, 3.8) is 0 Å². The predicted molar refractivity (Wildman–Crippen MR) is 95.7 cm³/mol. The Hall–Kier alpha value is -1.53. The van der Waals surface area contributed by atoms with Crippen molar-refractivity contribution in [2.45, 2.75) is 6.42 Å². The van der Waals surface area contributed by atoms with Gasteiger partial charge in [-0.15, -0.1) is 0 Å². The highest BCUT2D eigenvalue weighted by molar-refractivity contribution is 7.80. The maximum atomic E-state index is 9.35. The highest BCUT2D eigenvalue weighted by atomic mass is 32.1. The molecule has 0 saturated carbocycles. The number of hydrogen-bond acceptors (Lipinski definition) is 4. The lowest BCUT2D eigenvalue weighted by Crippen LogP contribution is -2.52. The first-order valence-electron chi connectivity index (χ1n) is 7.78. The minimum absolute atomic E-state index is 0.311. The Bertz CT molecular complexity index is 470. The second kappa shape index (κ2) is 8.19. The predicted octanol–water partition coefficient (Wildman–Crippen LogP) is 1.34. The number of nitrogens with zero attached hydrogens (tertiary/aromatic N) is 3. The third kappa shape index (κ3) is 5.03. The highest BCUT2D eigenvalue weighted by Gasteiger charge is 2.18. The number of rotatable bonds is 5. The Morgan fingerprint density at radius 1 is 1.18 bits per heavy atom. The zero-order valence-corrected chi connectivity index (χ0v) is 14.3. The van der Waals surface area contributed by atoms with Crippen LogP contribution in [0, 0.1) is 0 Å². The number of anilines is 1. The minimum Gasteiger partial charge on any atom is -0.508 e. The molecule has 1 fully saturated rings. The molecule has 22 heavy (non-hydrogen) atoms. The molecule has 5 nitrogen and oxygen atoms in total. The topological polar surface area (TPSA) is 42.0 Å². The molecule has 2 rings (SSSR count). The van der Waals surface area contributed by atoms with Crippen molar-refractivity contribution in [1.29, 1.82) is 0 Å². The number of aromatic hydroxyl groups is 1. The van der Waals surface area contributed by atoms with Crippen LogP contribution in [0.5, 0.6) is 5.75 Å². The third-order valence-corrected chi connectivity index (χ3v) is 4.24. The van der Waals surface area contributed by atoms with Crippen molar-refractivity contribution in [2.75, 3.05) is 58.3 Å². The summed E-state index contributed by atoms with van der Waals surface area (Å²) in [6, 6.07) is 7.39. The number of phenols is 1. The van der Waals surface area contributed by atoms with Crippen LogP contribution in [0.3, 0.4) is 0 Å². The molecular formula is C16H26N4OS. The molecule has 0 spiro atoms. The van der Waals surface area contributed by atoms with Gasteiger partial charge in [0, 0.05) is 38.4 Å². The van der Waals surface area contributed by atoms with Crippen molar-refractivity contribution in [1.82, 2.24) is 15.1 Å². The van der Waals surface area contributed by atoms with Gasteiger partial charge in [-0.25, -0.2) is 0 Å². The molecule has 6 heteroatoms. The maximum absolute atomic E-state index is 9.35. The fourth-order valence-corrected chi connectivity index (χ4v) is 2.82. The molecule has 0 amide bonds. The Balaban J connectivity index is 1.72. The lowest BCUT2D eigenvalue weighted by molar-refractivity contribution is 0.373. The van der Waals surface area contributed by atoms with E-state index in [0.29, 0.717) is 5.75 Å². The van der Waals surface area contributed by atoms with E-state index in [0.717, 1.165) is 56.5 Å². The van der Waals surface area contributed by atoms with Crippen LogP contribution in [-0.2, 0) is 0 Å². The first-order chi connectivity index (χ1) is 10.6. The van der Waals surface area contributed by atoms with Crippen molar-refractivity contribution < 1.29 is 5.11 Å². The number of hydrogen-bond donors (Lipinski definition) is 2. The number of piperazine rings is 1. The van der Waals surface area contributed by atoms with Crippen LogP contribution in [0.1, 0.15) is 6.42 Å². The van der Waals surface area contributed by atoms with Crippen molar-refractivity contribution in [2.24, 2.45) is 0 Å². The summed E-state index contributed by atoms with van der Waals surface area (Å²) in [5.74, 6) is 0.311. The molecule has 1 aromatic rings. The van der Waals surface area contributed by atoms with Crippen LogP contribution in [-0.4, -0.2) is 73.4 Å². The molecule has 1 aliphatic heterocycles. The fraction of sp³-hybridized carbons (Fsp3) is 0.562. The minimum atomic E-state index is 0.311. The largest absolute Gasteiger partial charge is 0.508 e. The number of benzene rings is 1. The van der Waals surface area contributed by atoms with E-state index in [1.54, 1.807) is 12.1 Å². The zero-order chi connectivity index (χ0) is 15.9. The van der Waals surface area contributed by atoms with Crippen LogP contribution in [0.15, 0.2) is 24.3 Å². The van der Waals surface area contributed by atoms with Crippen LogP contribution in [0.25, 0.3) is 0 Å². The summed E-state index contributed by atoms with van der Waals surface area (Å²) in [5.41, 5.74) is 1.15. The van der Waals surface area contributed by atoms with E-state index in [1.807, 2.05) is 12.1 Å². The van der Waals surface area contributed by atoms with Gasteiger partial charge < -0.3 is 25.1 Å². The molecule has 0 atom stereocenters. The number of thiocarbonyl (C=S) groups is 1. The van der Waals surface area contributed by atoms with Crippen LogP contribution in [0.4, 0.5) is 5.69 Å². The summed E-state index contributed by atoms with van der Waals surface area (Å²) in [7, 11) is 4.17. The lowest BCUT2D eigenvalue weighted by atomic mass is 10.2. The van der Waals surface area contributed by atoms with Crippen molar-refractivity contribution in [3.05, 3.63) is 24.3 Å². The summed E-state index contributed by atoms with van der Waals surface area (Å²) in [4.78, 5) is 6.74. The normalized spacial score (nSPS) is 15.2. The fourth-order valence-electron chi connectivity index (χ4n) is 2.53. The van der Waals surface area contributed by atoms with Gasteiger partial charge in [0.05, 0.1) is 0 Å². The Labute approximate surface area is 138 Å². The monoisotopic (exact) mass is 322 g/mol. The molecule has 122 valence electrons. The smallest absolute Gasteiger partial charge is 0.169 e. The highest BCUT2D eigenvalue weighted by Crippen LogP contribution is 2.19. The van der Waals surface area contributed by atoms with Crippen LogP contribution < -0.4 is 10.2 Å². The molecule has 1 saturated heterocycles. The van der Waals surface area contributed by atoms with E-state index in [1.165, 1.54) is 0 Å². The number of phenolic OH excluding ortho intramolecular Hbond substituents is 1. The molecule has 1 heterocycles. The summed E-state index contributed by atoms with van der Waals surface area (Å²) >= 11 is 5.48. The maximum Gasteiger partial charge on any atom is 0.169 e. The summed E-state index contributed by atoms with van der Waals surface area (Å²) < 4.78 is 0. The average Bonchev–Trinajstić information content (AvgIpc) is 2.52. The SMILES string of the molecule is CN(C)CCCNC(=S)N1CCN(c2ccc(O)cc2)CC1. The first kappa shape index (κ1) is 16.8. The molecule has 0 unspecified atom stereocenters. The second-order valence-corrected chi connectivity index (χ2v) is 6.27. The summed E-state index contributed by atoms with van der Waals surface area (Å²) in [6.45, 7) is 5.76. The Kier molecular flexibility index (Phi) is 6.27. The summed E-state index contributed by atoms with van der Waals surface area (Å²) in [5, 5.41) is 13.6. The van der Waals surface area contributed by atoms with Gasteiger partial charge in [0.25, 0.3) is 0 Å². The van der Waals surface area contributed by atoms with E-state index in [9.17, 15) is 5.11 Å². The molecule has 0 aromatic heterocycles. The van der Waals surface area contributed by atoms with Crippen molar-refractivity contribution >= 4 is 23.0 Å². The van der Waals surface area contributed by atoms with Crippen LogP contribution in [0.2, 0.25) is 0 Å². The average molecular weight is 322 g/mol. The summed E-state index contributed by atoms with van der Waals surface area (Å²) in [6.07, 6.45) is 1.10. The molecule has 0 bridgehead atoms. The Morgan fingerprint density at radius 3 is 2.41 bits per heavy atom. The first-order valence-corrected chi connectivity index (χ1v) is 8.18. The van der Waals surface area contributed by atoms with Crippen LogP contribution >= 0.6 is 12.2 Å². The van der Waals surface area contributed by atoms with Crippen molar-refractivity contribution in [3.8, 4) is 5.75 Å². The van der Waals surface area contributed by atoms with Gasteiger partial charge in [0.2, 0.25) is 0 Å². The molecule has 0 radical (unpaired) electrons. The Morgan fingerprint density at radius 2 is 1.82 bits per heavy atom. The van der Waals surface area contributed by atoms with E-state index in [-0.39, 0.29) is 0 Å².